The number of rotatable bonds is 2. The Kier molecular flexibility index (Phi) is 3.19. The van der Waals surface area contributed by atoms with E-state index in [1.807, 2.05) is 0 Å². The zero-order valence-corrected chi connectivity index (χ0v) is 13.2. The standard InChI is InChI=1S/C19H16BrN/c20-15-9-10-17-14(12-15)8-11-19(17)21-18-7-3-5-13-4-1-2-6-16(13)18/h1-7,9-10,12,19,21H,8,11H2. The van der Waals surface area contributed by atoms with Crippen molar-refractivity contribution in [2.45, 2.75) is 18.9 Å². The van der Waals surface area contributed by atoms with Gasteiger partial charge in [0.15, 0.2) is 0 Å². The van der Waals surface area contributed by atoms with Gasteiger partial charge in [0.1, 0.15) is 0 Å². The molecule has 0 heterocycles. The highest BCUT2D eigenvalue weighted by molar-refractivity contribution is 9.10. The van der Waals surface area contributed by atoms with Crippen molar-refractivity contribution in [3.8, 4) is 0 Å². The lowest BCUT2D eigenvalue weighted by molar-refractivity contribution is 0.763. The van der Waals surface area contributed by atoms with Gasteiger partial charge in [-0.05, 0) is 47.6 Å². The van der Waals surface area contributed by atoms with Crippen LogP contribution in [0.3, 0.4) is 0 Å². The Labute approximate surface area is 133 Å². The molecule has 3 aromatic rings. The molecule has 0 spiro atoms. The van der Waals surface area contributed by atoms with E-state index in [9.17, 15) is 0 Å². The van der Waals surface area contributed by atoms with Crippen LogP contribution < -0.4 is 5.32 Å². The molecule has 21 heavy (non-hydrogen) atoms. The fraction of sp³-hybridized carbons (Fsp3) is 0.158. The first-order chi connectivity index (χ1) is 10.3. The minimum Gasteiger partial charge on any atom is -0.378 e. The third-order valence-electron chi connectivity index (χ3n) is 4.30. The number of aryl methyl sites for hydroxylation is 1. The lowest BCUT2D eigenvalue weighted by atomic mass is 10.1. The number of hydrogen-bond donors (Lipinski definition) is 1. The van der Waals surface area contributed by atoms with E-state index < -0.39 is 0 Å². The molecule has 1 unspecified atom stereocenters. The van der Waals surface area contributed by atoms with Crippen LogP contribution in [0.1, 0.15) is 23.6 Å². The molecular weight excluding hydrogens is 322 g/mol. The van der Waals surface area contributed by atoms with Gasteiger partial charge in [0, 0.05) is 15.5 Å². The van der Waals surface area contributed by atoms with Crippen molar-refractivity contribution in [2.24, 2.45) is 0 Å². The summed E-state index contributed by atoms with van der Waals surface area (Å²) in [6.07, 6.45) is 2.31. The van der Waals surface area contributed by atoms with Gasteiger partial charge in [-0.25, -0.2) is 0 Å². The van der Waals surface area contributed by atoms with E-state index in [-0.39, 0.29) is 0 Å². The van der Waals surface area contributed by atoms with Crippen LogP contribution in [0, 0.1) is 0 Å². The highest BCUT2D eigenvalue weighted by Gasteiger charge is 2.22. The molecule has 0 fully saturated rings. The first-order valence-electron chi connectivity index (χ1n) is 7.34. The van der Waals surface area contributed by atoms with Crippen LogP contribution in [-0.4, -0.2) is 0 Å². The maximum Gasteiger partial charge on any atom is 0.0519 e. The first-order valence-corrected chi connectivity index (χ1v) is 8.13. The molecule has 0 bridgehead atoms. The highest BCUT2D eigenvalue weighted by atomic mass is 79.9. The number of nitrogens with one attached hydrogen (secondary N) is 1. The summed E-state index contributed by atoms with van der Waals surface area (Å²) in [7, 11) is 0. The molecule has 0 aliphatic heterocycles. The number of benzene rings is 3. The second-order valence-corrected chi connectivity index (χ2v) is 6.52. The lowest BCUT2D eigenvalue weighted by Crippen LogP contribution is -2.07. The van der Waals surface area contributed by atoms with Crippen LogP contribution in [0.25, 0.3) is 10.8 Å². The molecule has 1 atom stereocenters. The van der Waals surface area contributed by atoms with Crippen LogP contribution in [0.2, 0.25) is 0 Å². The van der Waals surface area contributed by atoms with Crippen molar-refractivity contribution in [1.82, 2.24) is 0 Å². The quantitative estimate of drug-likeness (QED) is 0.632. The fourth-order valence-corrected chi connectivity index (χ4v) is 3.68. The minimum atomic E-state index is 0.416. The van der Waals surface area contributed by atoms with E-state index in [2.05, 4.69) is 81.9 Å². The van der Waals surface area contributed by atoms with E-state index in [1.165, 1.54) is 32.1 Å². The fourth-order valence-electron chi connectivity index (χ4n) is 3.28. The molecule has 1 aliphatic carbocycles. The molecule has 104 valence electrons. The molecule has 4 rings (SSSR count). The third kappa shape index (κ3) is 2.34. The Bertz CT molecular complexity index is 804. The molecule has 1 nitrogen and oxygen atoms in total. The van der Waals surface area contributed by atoms with Crippen molar-refractivity contribution in [2.75, 3.05) is 5.32 Å². The molecule has 0 aromatic heterocycles. The molecule has 1 N–H and O–H groups in total. The van der Waals surface area contributed by atoms with Crippen molar-refractivity contribution in [1.29, 1.82) is 0 Å². The Balaban J connectivity index is 1.71. The highest BCUT2D eigenvalue weighted by Crippen LogP contribution is 2.36. The van der Waals surface area contributed by atoms with E-state index in [0.29, 0.717) is 6.04 Å². The van der Waals surface area contributed by atoms with Gasteiger partial charge in [-0.3, -0.25) is 0 Å². The molecule has 0 saturated carbocycles. The Hall–Kier alpha value is -1.80. The second kappa shape index (κ2) is 5.19. The van der Waals surface area contributed by atoms with E-state index in [0.717, 1.165) is 12.8 Å². The maximum absolute atomic E-state index is 3.74. The minimum absolute atomic E-state index is 0.416. The topological polar surface area (TPSA) is 12.0 Å². The van der Waals surface area contributed by atoms with Gasteiger partial charge < -0.3 is 5.32 Å². The van der Waals surface area contributed by atoms with Gasteiger partial charge in [0.25, 0.3) is 0 Å². The van der Waals surface area contributed by atoms with Gasteiger partial charge in [-0.1, -0.05) is 58.4 Å². The summed E-state index contributed by atoms with van der Waals surface area (Å²) in [5.74, 6) is 0. The SMILES string of the molecule is Brc1ccc2c(c1)CCC2Nc1cccc2ccccc12. The normalized spacial score (nSPS) is 16.9. The predicted octanol–water partition coefficient (Wildman–Crippen LogP) is 5.70. The summed E-state index contributed by atoms with van der Waals surface area (Å²) in [4.78, 5) is 0. The molecule has 0 radical (unpaired) electrons. The maximum atomic E-state index is 3.74. The third-order valence-corrected chi connectivity index (χ3v) is 4.80. The lowest BCUT2D eigenvalue weighted by Gasteiger charge is -2.17. The summed E-state index contributed by atoms with van der Waals surface area (Å²) in [5.41, 5.74) is 4.13. The number of halogens is 1. The summed E-state index contributed by atoms with van der Waals surface area (Å²) in [6, 6.07) is 22.1. The zero-order chi connectivity index (χ0) is 14.2. The molecule has 1 aliphatic rings. The molecule has 3 aromatic carbocycles. The van der Waals surface area contributed by atoms with Gasteiger partial charge in [-0.2, -0.15) is 0 Å². The monoisotopic (exact) mass is 337 g/mol. The molecular formula is C19H16BrN. The second-order valence-electron chi connectivity index (χ2n) is 5.61. The van der Waals surface area contributed by atoms with Gasteiger partial charge in [0.05, 0.1) is 6.04 Å². The van der Waals surface area contributed by atoms with E-state index >= 15 is 0 Å². The predicted molar refractivity (Wildman–Crippen MR) is 92.8 cm³/mol. The molecule has 2 heteroatoms. The first kappa shape index (κ1) is 12.9. The summed E-state index contributed by atoms with van der Waals surface area (Å²) in [6.45, 7) is 0. The number of anilines is 1. The molecule has 0 saturated heterocycles. The van der Waals surface area contributed by atoms with Crippen LogP contribution in [0.5, 0.6) is 0 Å². The largest absolute Gasteiger partial charge is 0.378 e. The van der Waals surface area contributed by atoms with Gasteiger partial charge >= 0.3 is 0 Å². The van der Waals surface area contributed by atoms with Crippen molar-refractivity contribution < 1.29 is 0 Å². The average molecular weight is 338 g/mol. The molecule has 0 amide bonds. The Morgan fingerprint density at radius 3 is 2.76 bits per heavy atom. The number of fused-ring (bicyclic) bond motifs is 2. The smallest absolute Gasteiger partial charge is 0.0519 e. The Morgan fingerprint density at radius 2 is 1.81 bits per heavy atom. The van der Waals surface area contributed by atoms with Crippen LogP contribution in [-0.2, 0) is 6.42 Å². The average Bonchev–Trinajstić information content (AvgIpc) is 2.90. The number of hydrogen-bond acceptors (Lipinski definition) is 1. The van der Waals surface area contributed by atoms with Gasteiger partial charge in [-0.15, -0.1) is 0 Å². The van der Waals surface area contributed by atoms with Crippen molar-refractivity contribution >= 4 is 32.4 Å². The van der Waals surface area contributed by atoms with Crippen molar-refractivity contribution in [3.63, 3.8) is 0 Å². The van der Waals surface area contributed by atoms with Crippen molar-refractivity contribution in [3.05, 3.63) is 76.3 Å². The summed E-state index contributed by atoms with van der Waals surface area (Å²) in [5, 5.41) is 6.33. The zero-order valence-electron chi connectivity index (χ0n) is 11.6. The van der Waals surface area contributed by atoms with Crippen LogP contribution >= 0.6 is 15.9 Å². The van der Waals surface area contributed by atoms with Gasteiger partial charge in [0.2, 0.25) is 0 Å². The van der Waals surface area contributed by atoms with E-state index in [4.69, 9.17) is 0 Å². The Morgan fingerprint density at radius 1 is 0.952 bits per heavy atom. The van der Waals surface area contributed by atoms with E-state index in [1.54, 1.807) is 0 Å². The van der Waals surface area contributed by atoms with Crippen LogP contribution in [0.15, 0.2) is 65.1 Å². The summed E-state index contributed by atoms with van der Waals surface area (Å²) >= 11 is 3.56. The van der Waals surface area contributed by atoms with Crippen LogP contribution in [0.4, 0.5) is 5.69 Å². The summed E-state index contributed by atoms with van der Waals surface area (Å²) < 4.78 is 1.17.